The third kappa shape index (κ3) is 3.46. The summed E-state index contributed by atoms with van der Waals surface area (Å²) in [6, 6.07) is 18.8. The average molecular weight is 264 g/mol. The number of nitriles is 1. The van der Waals surface area contributed by atoms with E-state index >= 15 is 0 Å². The second kappa shape index (κ2) is 6.53. The molecule has 2 aromatic rings. The van der Waals surface area contributed by atoms with Crippen LogP contribution in [0.15, 0.2) is 54.6 Å². The Labute approximate surface area is 118 Å². The lowest BCUT2D eigenvalue weighted by molar-refractivity contribution is 0.0951. The van der Waals surface area contributed by atoms with Crippen LogP contribution in [0.1, 0.15) is 34.3 Å². The molecule has 20 heavy (non-hydrogen) atoms. The molecule has 2 aromatic carbocycles. The minimum absolute atomic E-state index is 0.148. The van der Waals surface area contributed by atoms with Gasteiger partial charge in [-0.25, -0.2) is 0 Å². The summed E-state index contributed by atoms with van der Waals surface area (Å²) in [6.45, 7) is 2.64. The second-order valence-corrected chi connectivity index (χ2v) is 4.71. The normalized spacial score (nSPS) is 11.4. The Morgan fingerprint density at radius 3 is 2.65 bits per heavy atom. The van der Waals surface area contributed by atoms with Crippen molar-refractivity contribution in [3.05, 3.63) is 71.3 Å². The molecule has 0 unspecified atom stereocenters. The van der Waals surface area contributed by atoms with E-state index in [1.807, 2.05) is 36.4 Å². The number of rotatable bonds is 4. The molecule has 0 aromatic heterocycles. The van der Waals surface area contributed by atoms with Crippen LogP contribution >= 0.6 is 0 Å². The standard InChI is InChI=1S/C17H16N2O/c1-13(15-7-3-2-4-8-15)12-19-17(20)16-9-5-6-14(10-16)11-18/h2-10,13H,12H2,1H3,(H,19,20)/t13-/m0/s1. The maximum atomic E-state index is 12.0. The molecule has 1 atom stereocenters. The van der Waals surface area contributed by atoms with E-state index in [1.165, 1.54) is 5.56 Å². The van der Waals surface area contributed by atoms with Crippen molar-refractivity contribution in [2.24, 2.45) is 0 Å². The molecule has 0 fully saturated rings. The lowest BCUT2D eigenvalue weighted by Gasteiger charge is -2.13. The molecule has 0 spiro atoms. The quantitative estimate of drug-likeness (QED) is 0.922. The van der Waals surface area contributed by atoms with Crippen molar-refractivity contribution in [2.45, 2.75) is 12.8 Å². The summed E-state index contributed by atoms with van der Waals surface area (Å²) < 4.78 is 0. The van der Waals surface area contributed by atoms with E-state index in [1.54, 1.807) is 24.3 Å². The average Bonchev–Trinajstić information content (AvgIpc) is 2.53. The zero-order valence-corrected chi connectivity index (χ0v) is 11.3. The number of carbonyl (C=O) groups excluding carboxylic acids is 1. The molecule has 0 bridgehead atoms. The van der Waals surface area contributed by atoms with Crippen molar-refractivity contribution in [2.75, 3.05) is 6.54 Å². The van der Waals surface area contributed by atoms with Crippen LogP contribution < -0.4 is 5.32 Å². The first-order valence-corrected chi connectivity index (χ1v) is 6.54. The minimum atomic E-state index is -0.148. The third-order valence-electron chi connectivity index (χ3n) is 3.19. The first-order chi connectivity index (χ1) is 9.70. The summed E-state index contributed by atoms with van der Waals surface area (Å²) in [5.41, 5.74) is 2.21. The van der Waals surface area contributed by atoms with Gasteiger partial charge in [0.05, 0.1) is 11.6 Å². The Kier molecular flexibility index (Phi) is 4.52. The van der Waals surface area contributed by atoms with Crippen LogP contribution in [0, 0.1) is 11.3 Å². The van der Waals surface area contributed by atoms with Crippen LogP contribution in [0.5, 0.6) is 0 Å². The number of amides is 1. The molecule has 1 N–H and O–H groups in total. The number of carbonyl (C=O) groups is 1. The molecule has 100 valence electrons. The predicted octanol–water partition coefficient (Wildman–Crippen LogP) is 3.09. The number of nitrogens with one attached hydrogen (secondary N) is 1. The van der Waals surface area contributed by atoms with Gasteiger partial charge in [-0.3, -0.25) is 4.79 Å². The molecule has 3 heteroatoms. The zero-order chi connectivity index (χ0) is 14.4. The highest BCUT2D eigenvalue weighted by molar-refractivity contribution is 5.94. The maximum absolute atomic E-state index is 12.0. The fourth-order valence-electron chi connectivity index (χ4n) is 1.98. The van der Waals surface area contributed by atoms with Gasteiger partial charge >= 0.3 is 0 Å². The maximum Gasteiger partial charge on any atom is 0.251 e. The van der Waals surface area contributed by atoms with E-state index in [2.05, 4.69) is 12.2 Å². The molecule has 2 rings (SSSR count). The Bertz CT molecular complexity index is 629. The molecule has 0 aliphatic carbocycles. The molecule has 0 aliphatic heterocycles. The molecule has 0 radical (unpaired) electrons. The number of benzene rings is 2. The lowest BCUT2D eigenvalue weighted by atomic mass is 10.0. The molecule has 1 amide bonds. The summed E-state index contributed by atoms with van der Waals surface area (Å²) in [7, 11) is 0. The van der Waals surface area contributed by atoms with Gasteiger partial charge in [0.1, 0.15) is 0 Å². The Hall–Kier alpha value is -2.60. The van der Waals surface area contributed by atoms with Crippen molar-refractivity contribution in [3.8, 4) is 6.07 Å². The third-order valence-corrected chi connectivity index (χ3v) is 3.19. The van der Waals surface area contributed by atoms with Gasteiger partial charge in [0.2, 0.25) is 0 Å². The molecule has 0 saturated heterocycles. The van der Waals surface area contributed by atoms with Gasteiger partial charge in [-0.2, -0.15) is 5.26 Å². The van der Waals surface area contributed by atoms with Gasteiger partial charge in [0.25, 0.3) is 5.91 Å². The summed E-state index contributed by atoms with van der Waals surface area (Å²) in [5.74, 6) is 0.101. The largest absolute Gasteiger partial charge is 0.351 e. The Morgan fingerprint density at radius 2 is 1.95 bits per heavy atom. The zero-order valence-electron chi connectivity index (χ0n) is 11.3. The summed E-state index contributed by atoms with van der Waals surface area (Å²) in [6.07, 6.45) is 0. The number of hydrogen-bond acceptors (Lipinski definition) is 2. The SMILES string of the molecule is C[C@@H](CNC(=O)c1cccc(C#N)c1)c1ccccc1. The van der Waals surface area contributed by atoms with E-state index in [4.69, 9.17) is 5.26 Å². The van der Waals surface area contributed by atoms with Gasteiger partial charge in [-0.05, 0) is 29.7 Å². The van der Waals surface area contributed by atoms with Gasteiger partial charge in [0.15, 0.2) is 0 Å². The van der Waals surface area contributed by atoms with Crippen molar-refractivity contribution in [1.29, 1.82) is 5.26 Å². The van der Waals surface area contributed by atoms with Gasteiger partial charge in [0, 0.05) is 12.1 Å². The van der Waals surface area contributed by atoms with Crippen LogP contribution in [0.2, 0.25) is 0 Å². The van der Waals surface area contributed by atoms with Crippen LogP contribution in [0.25, 0.3) is 0 Å². The van der Waals surface area contributed by atoms with E-state index in [-0.39, 0.29) is 11.8 Å². The first kappa shape index (κ1) is 13.8. The van der Waals surface area contributed by atoms with E-state index in [0.29, 0.717) is 17.7 Å². The fraction of sp³-hybridized carbons (Fsp3) is 0.176. The summed E-state index contributed by atoms with van der Waals surface area (Å²) in [5, 5.41) is 11.7. The smallest absolute Gasteiger partial charge is 0.251 e. The molecule has 0 saturated carbocycles. The fourth-order valence-corrected chi connectivity index (χ4v) is 1.98. The molecular weight excluding hydrogens is 248 g/mol. The molecule has 3 nitrogen and oxygen atoms in total. The van der Waals surface area contributed by atoms with Crippen molar-refractivity contribution in [3.63, 3.8) is 0 Å². The van der Waals surface area contributed by atoms with E-state index < -0.39 is 0 Å². The summed E-state index contributed by atoms with van der Waals surface area (Å²) >= 11 is 0. The number of nitrogens with zero attached hydrogens (tertiary/aromatic N) is 1. The monoisotopic (exact) mass is 264 g/mol. The van der Waals surface area contributed by atoms with Crippen LogP contribution in [-0.4, -0.2) is 12.5 Å². The predicted molar refractivity (Wildman–Crippen MR) is 78.3 cm³/mol. The summed E-state index contributed by atoms with van der Waals surface area (Å²) in [4.78, 5) is 12.0. The topological polar surface area (TPSA) is 52.9 Å². The van der Waals surface area contributed by atoms with Crippen molar-refractivity contribution in [1.82, 2.24) is 5.32 Å². The van der Waals surface area contributed by atoms with E-state index in [0.717, 1.165) is 0 Å². The lowest BCUT2D eigenvalue weighted by Crippen LogP contribution is -2.27. The van der Waals surface area contributed by atoms with Crippen molar-refractivity contribution >= 4 is 5.91 Å². The molecular formula is C17H16N2O. The van der Waals surface area contributed by atoms with Gasteiger partial charge in [-0.1, -0.05) is 43.3 Å². The number of hydrogen-bond donors (Lipinski definition) is 1. The van der Waals surface area contributed by atoms with Gasteiger partial charge < -0.3 is 5.32 Å². The van der Waals surface area contributed by atoms with Gasteiger partial charge in [-0.15, -0.1) is 0 Å². The minimum Gasteiger partial charge on any atom is -0.351 e. The van der Waals surface area contributed by atoms with Crippen LogP contribution in [0.4, 0.5) is 0 Å². The first-order valence-electron chi connectivity index (χ1n) is 6.54. The molecule has 0 heterocycles. The van der Waals surface area contributed by atoms with Crippen molar-refractivity contribution < 1.29 is 4.79 Å². The highest BCUT2D eigenvalue weighted by atomic mass is 16.1. The second-order valence-electron chi connectivity index (χ2n) is 4.71. The highest BCUT2D eigenvalue weighted by Gasteiger charge is 2.09. The Balaban J connectivity index is 1.97. The van der Waals surface area contributed by atoms with Crippen LogP contribution in [0.3, 0.4) is 0 Å². The molecule has 0 aliphatic rings. The Morgan fingerprint density at radius 1 is 1.20 bits per heavy atom. The van der Waals surface area contributed by atoms with Crippen LogP contribution in [-0.2, 0) is 0 Å². The highest BCUT2D eigenvalue weighted by Crippen LogP contribution is 2.13. The van der Waals surface area contributed by atoms with E-state index in [9.17, 15) is 4.79 Å².